The third-order valence-corrected chi connectivity index (χ3v) is 2.87. The fourth-order valence-corrected chi connectivity index (χ4v) is 1.90. The van der Waals surface area contributed by atoms with Gasteiger partial charge in [0.05, 0.1) is 19.9 Å². The third kappa shape index (κ3) is 2.78. The third-order valence-electron chi connectivity index (χ3n) is 1.94. The smallest absolute Gasteiger partial charge is 0.349 e. The van der Waals surface area contributed by atoms with Gasteiger partial charge in [0, 0.05) is 7.05 Å². The number of aromatic nitrogens is 4. The molecule has 2 aromatic heterocycles. The quantitative estimate of drug-likeness (QED) is 0.806. The summed E-state index contributed by atoms with van der Waals surface area (Å²) in [5, 5.41) is 7.78. The highest BCUT2D eigenvalue weighted by Crippen LogP contribution is 2.18. The van der Waals surface area contributed by atoms with Crippen molar-refractivity contribution in [1.29, 1.82) is 0 Å². The van der Waals surface area contributed by atoms with E-state index >= 15 is 0 Å². The molecule has 0 amide bonds. The molecule has 0 spiro atoms. The van der Waals surface area contributed by atoms with Crippen molar-refractivity contribution in [3.63, 3.8) is 0 Å². The minimum atomic E-state index is -0.383. The van der Waals surface area contributed by atoms with Gasteiger partial charge in [-0.25, -0.2) is 14.8 Å². The van der Waals surface area contributed by atoms with E-state index in [1.807, 2.05) is 0 Å². The van der Waals surface area contributed by atoms with Gasteiger partial charge in [0.15, 0.2) is 11.0 Å². The molecule has 0 bridgehead atoms. The molecular formula is C9H11N5O2S. The summed E-state index contributed by atoms with van der Waals surface area (Å²) in [6, 6.07) is 0. The maximum atomic E-state index is 11.2. The molecule has 7 nitrogen and oxygen atoms in total. The Balaban J connectivity index is 1.95. The molecule has 0 saturated heterocycles. The number of nitrogens with one attached hydrogen (secondary N) is 1. The van der Waals surface area contributed by atoms with Crippen LogP contribution in [0.3, 0.4) is 0 Å². The van der Waals surface area contributed by atoms with E-state index in [4.69, 9.17) is 0 Å². The summed E-state index contributed by atoms with van der Waals surface area (Å²) >= 11 is 1.23. The van der Waals surface area contributed by atoms with Gasteiger partial charge >= 0.3 is 5.97 Å². The maximum absolute atomic E-state index is 11.2. The first-order chi connectivity index (χ1) is 8.19. The van der Waals surface area contributed by atoms with Crippen molar-refractivity contribution in [2.45, 2.75) is 6.54 Å². The number of carbonyl (C=O) groups is 1. The van der Waals surface area contributed by atoms with Crippen LogP contribution in [0.25, 0.3) is 0 Å². The van der Waals surface area contributed by atoms with Crippen LogP contribution in [0.2, 0.25) is 0 Å². The molecule has 0 atom stereocenters. The van der Waals surface area contributed by atoms with E-state index < -0.39 is 0 Å². The van der Waals surface area contributed by atoms with Gasteiger partial charge in [-0.3, -0.25) is 4.68 Å². The molecule has 0 aliphatic carbocycles. The zero-order valence-corrected chi connectivity index (χ0v) is 10.2. The van der Waals surface area contributed by atoms with E-state index in [0.717, 1.165) is 0 Å². The summed E-state index contributed by atoms with van der Waals surface area (Å²) in [5.74, 6) is 0.286. The highest BCUT2D eigenvalue weighted by Gasteiger charge is 2.10. The number of methoxy groups -OCH3 is 1. The molecule has 90 valence electrons. The van der Waals surface area contributed by atoms with E-state index in [9.17, 15) is 4.79 Å². The predicted molar refractivity (Wildman–Crippen MR) is 61.8 cm³/mol. The molecule has 0 saturated carbocycles. The number of ether oxygens (including phenoxy) is 1. The molecular weight excluding hydrogens is 242 g/mol. The van der Waals surface area contributed by atoms with Crippen molar-refractivity contribution in [1.82, 2.24) is 19.7 Å². The lowest BCUT2D eigenvalue weighted by Gasteiger charge is -1.97. The first-order valence-corrected chi connectivity index (χ1v) is 5.63. The summed E-state index contributed by atoms with van der Waals surface area (Å²) in [6.07, 6.45) is 3.10. The average Bonchev–Trinajstić information content (AvgIpc) is 2.94. The topological polar surface area (TPSA) is 81.9 Å². The van der Waals surface area contributed by atoms with Gasteiger partial charge < -0.3 is 10.1 Å². The fraction of sp³-hybridized carbons (Fsp3) is 0.333. The monoisotopic (exact) mass is 253 g/mol. The summed E-state index contributed by atoms with van der Waals surface area (Å²) in [6.45, 7) is 0.467. The molecule has 0 aliphatic rings. The van der Waals surface area contributed by atoms with Crippen LogP contribution in [0.5, 0.6) is 0 Å². The number of carbonyl (C=O) groups excluding carboxylic acids is 1. The number of anilines is 1. The van der Waals surface area contributed by atoms with Crippen LogP contribution in [0.15, 0.2) is 12.5 Å². The lowest BCUT2D eigenvalue weighted by molar-refractivity contribution is 0.0606. The lowest BCUT2D eigenvalue weighted by Crippen LogP contribution is -2.01. The maximum Gasteiger partial charge on any atom is 0.349 e. The highest BCUT2D eigenvalue weighted by molar-refractivity contribution is 7.17. The predicted octanol–water partition coefficient (Wildman–Crippen LogP) is 0.670. The number of thiazole rings is 1. The molecule has 0 aromatic carbocycles. The molecule has 8 heteroatoms. The second-order valence-corrected chi connectivity index (χ2v) is 4.24. The molecule has 2 aromatic rings. The average molecular weight is 253 g/mol. The van der Waals surface area contributed by atoms with Gasteiger partial charge in [-0.15, -0.1) is 0 Å². The minimum Gasteiger partial charge on any atom is -0.465 e. The van der Waals surface area contributed by atoms with Crippen molar-refractivity contribution in [2.24, 2.45) is 7.05 Å². The van der Waals surface area contributed by atoms with E-state index in [1.165, 1.54) is 24.6 Å². The molecule has 0 fully saturated rings. The van der Waals surface area contributed by atoms with Gasteiger partial charge in [-0.2, -0.15) is 5.10 Å². The van der Waals surface area contributed by atoms with Gasteiger partial charge in [0.2, 0.25) is 0 Å². The number of hydrogen-bond acceptors (Lipinski definition) is 7. The van der Waals surface area contributed by atoms with E-state index in [1.54, 1.807) is 18.1 Å². The summed E-state index contributed by atoms with van der Waals surface area (Å²) in [5.41, 5.74) is 0. The van der Waals surface area contributed by atoms with Crippen LogP contribution in [0, 0.1) is 0 Å². The number of nitrogens with zero attached hydrogens (tertiary/aromatic N) is 4. The fourth-order valence-electron chi connectivity index (χ4n) is 1.17. The van der Waals surface area contributed by atoms with Crippen LogP contribution in [0.4, 0.5) is 5.13 Å². The number of esters is 1. The van der Waals surface area contributed by atoms with Gasteiger partial charge in [-0.1, -0.05) is 11.3 Å². The first kappa shape index (κ1) is 11.5. The molecule has 17 heavy (non-hydrogen) atoms. The Morgan fingerprint density at radius 3 is 3.06 bits per heavy atom. The van der Waals surface area contributed by atoms with E-state index in [-0.39, 0.29) is 5.97 Å². The Morgan fingerprint density at radius 2 is 2.41 bits per heavy atom. The Labute approximate surface area is 101 Å². The Hall–Kier alpha value is -1.96. The van der Waals surface area contributed by atoms with Crippen molar-refractivity contribution in [3.05, 3.63) is 23.2 Å². The molecule has 1 N–H and O–H groups in total. The Kier molecular flexibility index (Phi) is 3.33. The standard InChI is InChI=1S/C9H11N5O2S/c1-14-5-12-7(13-14)4-11-9-10-3-6(17-9)8(15)16-2/h3,5H,4H2,1-2H3,(H,10,11). The van der Waals surface area contributed by atoms with Crippen molar-refractivity contribution < 1.29 is 9.53 Å². The van der Waals surface area contributed by atoms with Gasteiger partial charge in [-0.05, 0) is 0 Å². The number of hydrogen-bond donors (Lipinski definition) is 1. The normalized spacial score (nSPS) is 10.2. The van der Waals surface area contributed by atoms with Crippen molar-refractivity contribution >= 4 is 22.4 Å². The summed E-state index contributed by atoms with van der Waals surface area (Å²) in [7, 11) is 3.14. The molecule has 0 unspecified atom stereocenters. The Morgan fingerprint density at radius 1 is 1.59 bits per heavy atom. The Bertz CT molecular complexity index is 521. The first-order valence-electron chi connectivity index (χ1n) is 4.81. The van der Waals surface area contributed by atoms with E-state index in [0.29, 0.717) is 22.4 Å². The number of rotatable bonds is 4. The number of aryl methyl sites for hydroxylation is 1. The molecule has 2 rings (SSSR count). The van der Waals surface area contributed by atoms with Crippen LogP contribution >= 0.6 is 11.3 Å². The zero-order valence-electron chi connectivity index (χ0n) is 9.38. The largest absolute Gasteiger partial charge is 0.465 e. The van der Waals surface area contributed by atoms with E-state index in [2.05, 4.69) is 25.1 Å². The SMILES string of the molecule is COC(=O)c1cnc(NCc2ncn(C)n2)s1. The van der Waals surface area contributed by atoms with Crippen LogP contribution in [0.1, 0.15) is 15.5 Å². The minimum absolute atomic E-state index is 0.383. The molecule has 0 aliphatic heterocycles. The second kappa shape index (κ2) is 4.91. The molecule has 0 radical (unpaired) electrons. The lowest BCUT2D eigenvalue weighted by atomic mass is 10.6. The molecule has 2 heterocycles. The highest BCUT2D eigenvalue weighted by atomic mass is 32.1. The van der Waals surface area contributed by atoms with Crippen LogP contribution < -0.4 is 5.32 Å². The van der Waals surface area contributed by atoms with Crippen molar-refractivity contribution in [2.75, 3.05) is 12.4 Å². The second-order valence-electron chi connectivity index (χ2n) is 3.21. The van der Waals surface area contributed by atoms with Crippen LogP contribution in [-0.4, -0.2) is 32.8 Å². The zero-order chi connectivity index (χ0) is 12.3. The summed E-state index contributed by atoms with van der Waals surface area (Å²) < 4.78 is 6.22. The van der Waals surface area contributed by atoms with Crippen molar-refractivity contribution in [3.8, 4) is 0 Å². The summed E-state index contributed by atoms with van der Waals surface area (Å²) in [4.78, 5) is 19.8. The van der Waals surface area contributed by atoms with Gasteiger partial charge in [0.25, 0.3) is 0 Å². The van der Waals surface area contributed by atoms with Crippen LogP contribution in [-0.2, 0) is 18.3 Å². The van der Waals surface area contributed by atoms with Gasteiger partial charge in [0.1, 0.15) is 11.2 Å².